The Morgan fingerprint density at radius 1 is 1.43 bits per heavy atom. The van der Waals surface area contributed by atoms with Crippen molar-refractivity contribution in [2.75, 3.05) is 17.3 Å². The van der Waals surface area contributed by atoms with E-state index >= 15 is 0 Å². The molecule has 0 aliphatic carbocycles. The molecule has 14 heavy (non-hydrogen) atoms. The van der Waals surface area contributed by atoms with Crippen LogP contribution in [0.3, 0.4) is 0 Å². The maximum absolute atomic E-state index is 6.26. The third kappa shape index (κ3) is 2.48. The average Bonchev–Trinajstić information content (AvgIpc) is 2.65. The van der Waals surface area contributed by atoms with Crippen molar-refractivity contribution in [1.29, 1.82) is 0 Å². The van der Waals surface area contributed by atoms with E-state index in [9.17, 15) is 0 Å². The number of thiophene rings is 1. The zero-order valence-electron chi connectivity index (χ0n) is 8.23. The van der Waals surface area contributed by atoms with Crippen LogP contribution >= 0.6 is 34.9 Å². The molecule has 0 amide bonds. The first-order valence-electron chi connectivity index (χ1n) is 4.78. The molecule has 1 aromatic rings. The van der Waals surface area contributed by atoms with Crippen LogP contribution in [0.4, 0.5) is 0 Å². The van der Waals surface area contributed by atoms with Crippen LogP contribution in [0, 0.1) is 6.92 Å². The highest BCUT2D eigenvalue weighted by Gasteiger charge is 2.23. The SMILES string of the molecule is Cc1ccc(C(N)C2CSCCS2)s1. The lowest BCUT2D eigenvalue weighted by Crippen LogP contribution is -2.28. The minimum atomic E-state index is 0.242. The van der Waals surface area contributed by atoms with E-state index in [0.717, 1.165) is 0 Å². The Morgan fingerprint density at radius 2 is 2.29 bits per heavy atom. The van der Waals surface area contributed by atoms with E-state index in [1.807, 2.05) is 34.9 Å². The van der Waals surface area contributed by atoms with Crippen LogP contribution in [0.2, 0.25) is 0 Å². The zero-order chi connectivity index (χ0) is 9.97. The van der Waals surface area contributed by atoms with Crippen LogP contribution in [0.25, 0.3) is 0 Å². The first-order valence-corrected chi connectivity index (χ1v) is 7.80. The van der Waals surface area contributed by atoms with Gasteiger partial charge in [-0.05, 0) is 19.1 Å². The highest BCUT2D eigenvalue weighted by Crippen LogP contribution is 2.34. The third-order valence-electron chi connectivity index (χ3n) is 2.33. The van der Waals surface area contributed by atoms with Gasteiger partial charge in [0.1, 0.15) is 0 Å². The largest absolute Gasteiger partial charge is 0.322 e. The van der Waals surface area contributed by atoms with E-state index in [1.165, 1.54) is 27.0 Å². The van der Waals surface area contributed by atoms with Gasteiger partial charge in [-0.3, -0.25) is 0 Å². The Balaban J connectivity index is 2.03. The summed E-state index contributed by atoms with van der Waals surface area (Å²) in [6.07, 6.45) is 0. The molecule has 0 spiro atoms. The average molecular weight is 245 g/mol. The van der Waals surface area contributed by atoms with Crippen molar-refractivity contribution in [2.24, 2.45) is 5.73 Å². The summed E-state index contributed by atoms with van der Waals surface area (Å²) in [7, 11) is 0. The van der Waals surface area contributed by atoms with Crippen molar-refractivity contribution in [3.63, 3.8) is 0 Å². The predicted octanol–water partition coefficient (Wildman–Crippen LogP) is 2.90. The number of thioether (sulfide) groups is 2. The third-order valence-corrected chi connectivity index (χ3v) is 6.32. The molecule has 2 heterocycles. The van der Waals surface area contributed by atoms with Gasteiger partial charge >= 0.3 is 0 Å². The van der Waals surface area contributed by atoms with Crippen molar-refractivity contribution in [1.82, 2.24) is 0 Å². The molecule has 2 rings (SSSR count). The second-order valence-corrected chi connectivity index (χ2v) is 7.27. The summed E-state index contributed by atoms with van der Waals surface area (Å²) in [6.45, 7) is 2.14. The van der Waals surface area contributed by atoms with Gasteiger partial charge in [-0.15, -0.1) is 11.3 Å². The minimum Gasteiger partial charge on any atom is -0.322 e. The Hall–Kier alpha value is 0.360. The van der Waals surface area contributed by atoms with Crippen molar-refractivity contribution in [3.8, 4) is 0 Å². The van der Waals surface area contributed by atoms with E-state index in [-0.39, 0.29) is 6.04 Å². The summed E-state index contributed by atoms with van der Waals surface area (Å²) in [4.78, 5) is 2.71. The fourth-order valence-electron chi connectivity index (χ4n) is 1.53. The van der Waals surface area contributed by atoms with Gasteiger partial charge in [-0.25, -0.2) is 0 Å². The molecule has 2 atom stereocenters. The maximum Gasteiger partial charge on any atom is 0.0518 e. The first-order chi connectivity index (χ1) is 6.77. The van der Waals surface area contributed by atoms with Gasteiger partial charge < -0.3 is 5.73 Å². The summed E-state index contributed by atoms with van der Waals surface area (Å²) in [5.41, 5.74) is 6.26. The quantitative estimate of drug-likeness (QED) is 0.867. The van der Waals surface area contributed by atoms with Gasteiger partial charge in [0, 0.05) is 32.3 Å². The maximum atomic E-state index is 6.26. The van der Waals surface area contributed by atoms with E-state index in [0.29, 0.717) is 5.25 Å². The predicted molar refractivity (Wildman–Crippen MR) is 69.6 cm³/mol. The highest BCUT2D eigenvalue weighted by molar-refractivity contribution is 8.06. The molecular formula is C10H15NS3. The molecule has 1 aliphatic rings. The zero-order valence-corrected chi connectivity index (χ0v) is 10.7. The molecule has 1 fully saturated rings. The number of aryl methyl sites for hydroxylation is 1. The Bertz CT molecular complexity index is 291. The van der Waals surface area contributed by atoms with Gasteiger partial charge in [-0.1, -0.05) is 0 Å². The van der Waals surface area contributed by atoms with Gasteiger partial charge in [-0.2, -0.15) is 23.5 Å². The molecule has 0 radical (unpaired) electrons. The van der Waals surface area contributed by atoms with Crippen molar-refractivity contribution in [3.05, 3.63) is 21.9 Å². The van der Waals surface area contributed by atoms with Gasteiger partial charge in [0.15, 0.2) is 0 Å². The Labute approximate surface area is 97.8 Å². The molecule has 2 unspecified atom stereocenters. The smallest absolute Gasteiger partial charge is 0.0518 e. The first kappa shape index (κ1) is 10.9. The molecule has 1 saturated heterocycles. The summed E-state index contributed by atoms with van der Waals surface area (Å²) < 4.78 is 0. The van der Waals surface area contributed by atoms with Crippen LogP contribution in [-0.2, 0) is 0 Å². The second kappa shape index (κ2) is 4.92. The van der Waals surface area contributed by atoms with Crippen LogP contribution in [0.1, 0.15) is 15.8 Å². The molecule has 1 aliphatic heterocycles. The fraction of sp³-hybridized carbons (Fsp3) is 0.600. The Kier molecular flexibility index (Phi) is 3.82. The van der Waals surface area contributed by atoms with Gasteiger partial charge in [0.2, 0.25) is 0 Å². The van der Waals surface area contributed by atoms with Crippen LogP contribution < -0.4 is 5.73 Å². The molecule has 0 bridgehead atoms. The van der Waals surface area contributed by atoms with E-state index < -0.39 is 0 Å². The number of hydrogen-bond acceptors (Lipinski definition) is 4. The van der Waals surface area contributed by atoms with Crippen molar-refractivity contribution in [2.45, 2.75) is 18.2 Å². The van der Waals surface area contributed by atoms with Gasteiger partial charge in [0.05, 0.1) is 6.04 Å². The molecule has 0 saturated carbocycles. The fourth-order valence-corrected chi connectivity index (χ4v) is 5.35. The highest BCUT2D eigenvalue weighted by atomic mass is 32.2. The number of nitrogens with two attached hydrogens (primary N) is 1. The standard InChI is InChI=1S/C10H15NS3/c1-7-2-3-8(14-7)10(11)9-6-12-4-5-13-9/h2-3,9-10H,4-6,11H2,1H3. The van der Waals surface area contributed by atoms with E-state index in [2.05, 4.69) is 19.1 Å². The number of hydrogen-bond donors (Lipinski definition) is 1. The second-order valence-electron chi connectivity index (χ2n) is 3.46. The molecule has 1 aromatic heterocycles. The van der Waals surface area contributed by atoms with E-state index in [1.54, 1.807) is 0 Å². The monoisotopic (exact) mass is 245 g/mol. The van der Waals surface area contributed by atoms with E-state index in [4.69, 9.17) is 5.73 Å². The van der Waals surface area contributed by atoms with Crippen molar-refractivity contribution < 1.29 is 0 Å². The molecule has 78 valence electrons. The topological polar surface area (TPSA) is 26.0 Å². The summed E-state index contributed by atoms with van der Waals surface area (Å²) >= 11 is 5.91. The minimum absolute atomic E-state index is 0.242. The summed E-state index contributed by atoms with van der Waals surface area (Å²) in [5.74, 6) is 3.76. The van der Waals surface area contributed by atoms with Crippen LogP contribution in [-0.4, -0.2) is 22.5 Å². The summed E-state index contributed by atoms with van der Waals surface area (Å²) in [6, 6.07) is 4.59. The summed E-state index contributed by atoms with van der Waals surface area (Å²) in [5, 5.41) is 0.617. The van der Waals surface area contributed by atoms with Crippen molar-refractivity contribution >= 4 is 34.9 Å². The lowest BCUT2D eigenvalue weighted by atomic mass is 10.2. The normalized spacial score (nSPS) is 24.9. The molecule has 2 N–H and O–H groups in total. The van der Waals surface area contributed by atoms with Crippen LogP contribution in [0.15, 0.2) is 12.1 Å². The lowest BCUT2D eigenvalue weighted by Gasteiger charge is -2.25. The Morgan fingerprint density at radius 3 is 2.86 bits per heavy atom. The molecule has 1 nitrogen and oxygen atoms in total. The van der Waals surface area contributed by atoms with Gasteiger partial charge in [0.25, 0.3) is 0 Å². The molecular weight excluding hydrogens is 230 g/mol. The van der Waals surface area contributed by atoms with Crippen LogP contribution in [0.5, 0.6) is 0 Å². The molecule has 4 heteroatoms. The molecule has 0 aromatic carbocycles. The lowest BCUT2D eigenvalue weighted by molar-refractivity contribution is 0.734. The number of rotatable bonds is 2.